The third-order valence-corrected chi connectivity index (χ3v) is 3.86. The average molecular weight is 279 g/mol. The van der Waals surface area contributed by atoms with Crippen molar-refractivity contribution in [2.45, 2.75) is 51.1 Å². The standard InChI is InChI=1S/C15H22FN3O/c1-2-7-19(14-5-3-13(17)4-6-14)15(20)11-8-12(16)10-18-9-11/h8-10,13-14H,2-7,17H2,1H3. The summed E-state index contributed by atoms with van der Waals surface area (Å²) < 4.78 is 13.2. The van der Waals surface area contributed by atoms with Crippen LogP contribution in [-0.2, 0) is 0 Å². The summed E-state index contributed by atoms with van der Waals surface area (Å²) in [5.41, 5.74) is 6.24. The Morgan fingerprint density at radius 3 is 2.70 bits per heavy atom. The topological polar surface area (TPSA) is 59.2 Å². The molecule has 1 aliphatic rings. The highest BCUT2D eigenvalue weighted by Gasteiger charge is 2.28. The van der Waals surface area contributed by atoms with Gasteiger partial charge in [-0.25, -0.2) is 4.39 Å². The molecule has 1 aromatic heterocycles. The summed E-state index contributed by atoms with van der Waals surface area (Å²) in [6.07, 6.45) is 7.17. The van der Waals surface area contributed by atoms with Crippen LogP contribution in [0.5, 0.6) is 0 Å². The van der Waals surface area contributed by atoms with E-state index < -0.39 is 5.82 Å². The molecule has 110 valence electrons. The van der Waals surface area contributed by atoms with Crippen molar-refractivity contribution in [3.05, 3.63) is 29.8 Å². The predicted octanol–water partition coefficient (Wildman–Crippen LogP) is 2.34. The summed E-state index contributed by atoms with van der Waals surface area (Å²) in [5.74, 6) is -0.600. The van der Waals surface area contributed by atoms with E-state index >= 15 is 0 Å². The van der Waals surface area contributed by atoms with Crippen LogP contribution in [0.4, 0.5) is 4.39 Å². The molecule has 2 N–H and O–H groups in total. The number of hydrogen-bond donors (Lipinski definition) is 1. The van der Waals surface area contributed by atoms with Crippen molar-refractivity contribution in [1.29, 1.82) is 0 Å². The molecule has 2 rings (SSSR count). The Balaban J connectivity index is 2.13. The van der Waals surface area contributed by atoms with Crippen LogP contribution in [0.2, 0.25) is 0 Å². The maximum absolute atomic E-state index is 13.2. The van der Waals surface area contributed by atoms with Gasteiger partial charge in [-0.1, -0.05) is 6.92 Å². The first-order chi connectivity index (χ1) is 9.61. The van der Waals surface area contributed by atoms with Gasteiger partial charge in [0.1, 0.15) is 5.82 Å². The molecule has 1 heterocycles. The lowest BCUT2D eigenvalue weighted by Gasteiger charge is -2.36. The molecule has 1 aromatic rings. The fourth-order valence-corrected chi connectivity index (χ4v) is 2.80. The van der Waals surface area contributed by atoms with Gasteiger partial charge in [-0.15, -0.1) is 0 Å². The van der Waals surface area contributed by atoms with Crippen molar-refractivity contribution < 1.29 is 9.18 Å². The van der Waals surface area contributed by atoms with Gasteiger partial charge in [-0.05, 0) is 38.2 Å². The van der Waals surface area contributed by atoms with E-state index in [1.807, 2.05) is 11.8 Å². The van der Waals surface area contributed by atoms with Gasteiger partial charge >= 0.3 is 0 Å². The van der Waals surface area contributed by atoms with Crippen LogP contribution in [0.1, 0.15) is 49.4 Å². The van der Waals surface area contributed by atoms with Crippen LogP contribution in [0.3, 0.4) is 0 Å². The third kappa shape index (κ3) is 3.54. The minimum absolute atomic E-state index is 0.126. The van der Waals surface area contributed by atoms with E-state index in [9.17, 15) is 9.18 Å². The fourth-order valence-electron chi connectivity index (χ4n) is 2.80. The van der Waals surface area contributed by atoms with Crippen molar-refractivity contribution in [2.24, 2.45) is 5.73 Å². The monoisotopic (exact) mass is 279 g/mol. The van der Waals surface area contributed by atoms with Gasteiger partial charge in [0.05, 0.1) is 11.8 Å². The second-order valence-electron chi connectivity index (χ2n) is 5.46. The van der Waals surface area contributed by atoms with Gasteiger partial charge in [0.2, 0.25) is 0 Å². The summed E-state index contributed by atoms with van der Waals surface area (Å²) >= 11 is 0. The molecule has 0 bridgehead atoms. The van der Waals surface area contributed by atoms with E-state index in [0.717, 1.165) is 38.3 Å². The number of carbonyl (C=O) groups is 1. The average Bonchev–Trinajstić information content (AvgIpc) is 2.45. The molecular weight excluding hydrogens is 257 g/mol. The zero-order chi connectivity index (χ0) is 14.5. The number of nitrogens with two attached hydrogens (primary N) is 1. The Kier molecular flexibility index (Phi) is 5.06. The molecule has 1 saturated carbocycles. The van der Waals surface area contributed by atoms with Crippen molar-refractivity contribution >= 4 is 5.91 Å². The van der Waals surface area contributed by atoms with E-state index in [1.165, 1.54) is 12.3 Å². The van der Waals surface area contributed by atoms with Crippen LogP contribution in [0.15, 0.2) is 18.5 Å². The Hall–Kier alpha value is -1.49. The Bertz CT molecular complexity index is 458. The second-order valence-corrected chi connectivity index (χ2v) is 5.46. The molecule has 0 aliphatic heterocycles. The van der Waals surface area contributed by atoms with Crippen molar-refractivity contribution in [2.75, 3.05) is 6.54 Å². The largest absolute Gasteiger partial charge is 0.336 e. The normalized spacial score (nSPS) is 22.6. The highest BCUT2D eigenvalue weighted by atomic mass is 19.1. The van der Waals surface area contributed by atoms with Gasteiger partial charge in [-0.2, -0.15) is 0 Å². The maximum atomic E-state index is 13.2. The van der Waals surface area contributed by atoms with Gasteiger partial charge in [0.15, 0.2) is 0 Å². The van der Waals surface area contributed by atoms with Crippen LogP contribution in [0.25, 0.3) is 0 Å². The first-order valence-electron chi connectivity index (χ1n) is 7.29. The summed E-state index contributed by atoms with van der Waals surface area (Å²) in [6, 6.07) is 1.72. The predicted molar refractivity (Wildman–Crippen MR) is 75.8 cm³/mol. The summed E-state index contributed by atoms with van der Waals surface area (Å²) in [4.78, 5) is 18.2. The number of pyridine rings is 1. The van der Waals surface area contributed by atoms with E-state index in [0.29, 0.717) is 12.1 Å². The molecule has 0 unspecified atom stereocenters. The highest BCUT2D eigenvalue weighted by Crippen LogP contribution is 2.24. The maximum Gasteiger partial charge on any atom is 0.255 e. The van der Waals surface area contributed by atoms with E-state index in [2.05, 4.69) is 4.98 Å². The first-order valence-corrected chi connectivity index (χ1v) is 7.29. The van der Waals surface area contributed by atoms with Crippen LogP contribution in [-0.4, -0.2) is 34.4 Å². The van der Waals surface area contributed by atoms with Gasteiger partial charge in [0, 0.05) is 24.8 Å². The van der Waals surface area contributed by atoms with Crippen LogP contribution in [0, 0.1) is 5.82 Å². The molecule has 0 saturated heterocycles. The zero-order valence-corrected chi connectivity index (χ0v) is 11.9. The van der Waals surface area contributed by atoms with Crippen molar-refractivity contribution in [1.82, 2.24) is 9.88 Å². The lowest BCUT2D eigenvalue weighted by atomic mass is 9.90. The molecule has 20 heavy (non-hydrogen) atoms. The molecule has 5 heteroatoms. The van der Waals surface area contributed by atoms with Crippen molar-refractivity contribution in [3.8, 4) is 0 Å². The molecule has 0 aromatic carbocycles. The molecular formula is C15H22FN3O. The number of halogens is 1. The van der Waals surface area contributed by atoms with Gasteiger partial charge < -0.3 is 10.6 Å². The SMILES string of the molecule is CCCN(C(=O)c1cncc(F)c1)C1CCC(N)CC1. The Morgan fingerprint density at radius 1 is 1.40 bits per heavy atom. The molecule has 0 radical (unpaired) electrons. The molecule has 1 amide bonds. The van der Waals surface area contributed by atoms with Gasteiger partial charge in [-0.3, -0.25) is 9.78 Å². The molecule has 1 fully saturated rings. The second kappa shape index (κ2) is 6.79. The molecule has 1 aliphatic carbocycles. The molecule has 0 spiro atoms. The summed E-state index contributed by atoms with van der Waals surface area (Å²) in [6.45, 7) is 2.73. The quantitative estimate of drug-likeness (QED) is 0.920. The van der Waals surface area contributed by atoms with E-state index in [4.69, 9.17) is 5.73 Å². The van der Waals surface area contributed by atoms with E-state index in [1.54, 1.807) is 0 Å². The number of rotatable bonds is 4. The number of aromatic nitrogens is 1. The fraction of sp³-hybridized carbons (Fsp3) is 0.600. The lowest BCUT2D eigenvalue weighted by Crippen LogP contribution is -2.44. The zero-order valence-electron chi connectivity index (χ0n) is 11.9. The number of nitrogens with zero attached hydrogens (tertiary/aromatic N) is 2. The van der Waals surface area contributed by atoms with Crippen molar-refractivity contribution in [3.63, 3.8) is 0 Å². The Morgan fingerprint density at radius 2 is 2.10 bits per heavy atom. The number of amides is 1. The molecule has 0 atom stereocenters. The summed E-state index contributed by atoms with van der Waals surface area (Å²) in [5, 5.41) is 0. The lowest BCUT2D eigenvalue weighted by molar-refractivity contribution is 0.0625. The van der Waals surface area contributed by atoms with Crippen LogP contribution >= 0.6 is 0 Å². The van der Waals surface area contributed by atoms with Gasteiger partial charge in [0.25, 0.3) is 5.91 Å². The smallest absolute Gasteiger partial charge is 0.255 e. The molecule has 4 nitrogen and oxygen atoms in total. The Labute approximate surface area is 119 Å². The minimum Gasteiger partial charge on any atom is -0.336 e. The number of hydrogen-bond acceptors (Lipinski definition) is 3. The van der Waals surface area contributed by atoms with Crippen LogP contribution < -0.4 is 5.73 Å². The minimum atomic E-state index is -0.474. The first kappa shape index (κ1) is 14.9. The third-order valence-electron chi connectivity index (χ3n) is 3.86. The summed E-state index contributed by atoms with van der Waals surface area (Å²) in [7, 11) is 0. The highest BCUT2D eigenvalue weighted by molar-refractivity contribution is 5.94. The number of carbonyl (C=O) groups excluding carboxylic acids is 1. The van der Waals surface area contributed by atoms with E-state index in [-0.39, 0.29) is 18.0 Å².